The Bertz CT molecular complexity index is 262. The van der Waals surface area contributed by atoms with Crippen LogP contribution in [0.4, 0.5) is 4.79 Å². The lowest BCUT2D eigenvalue weighted by Gasteiger charge is -2.44. The molecule has 1 fully saturated rings. The van der Waals surface area contributed by atoms with E-state index in [2.05, 4.69) is 19.1 Å². The molecular weight excluding hydrogens is 178 g/mol. The van der Waals surface area contributed by atoms with Gasteiger partial charge in [0.15, 0.2) is 0 Å². The van der Waals surface area contributed by atoms with Gasteiger partial charge in [0.25, 0.3) is 0 Å². The van der Waals surface area contributed by atoms with E-state index in [0.29, 0.717) is 5.92 Å². The summed E-state index contributed by atoms with van der Waals surface area (Å²) in [6.07, 6.45) is 6.55. The predicted octanol–water partition coefficient (Wildman–Crippen LogP) is 2.04. The quantitative estimate of drug-likeness (QED) is 0.599. The SMILES string of the molecule is CC[C@H]1CC2C=CC1CN2C(=O)OC. The number of carbonyl (C=O) groups excluding carboxylic acids is 1. The van der Waals surface area contributed by atoms with E-state index in [-0.39, 0.29) is 12.1 Å². The first kappa shape index (κ1) is 9.56. The van der Waals surface area contributed by atoms with Crippen molar-refractivity contribution >= 4 is 6.09 Å². The van der Waals surface area contributed by atoms with Gasteiger partial charge in [-0.2, -0.15) is 0 Å². The summed E-state index contributed by atoms with van der Waals surface area (Å²) in [6, 6.07) is 0.275. The first-order chi connectivity index (χ1) is 6.76. The lowest BCUT2D eigenvalue weighted by molar-refractivity contribution is 0.0645. The zero-order valence-corrected chi connectivity index (χ0v) is 8.77. The summed E-state index contributed by atoms with van der Waals surface area (Å²) >= 11 is 0. The Hall–Kier alpha value is -0.990. The average Bonchev–Trinajstić information content (AvgIpc) is 2.28. The Kier molecular flexibility index (Phi) is 2.48. The molecule has 0 spiro atoms. The van der Waals surface area contributed by atoms with E-state index < -0.39 is 0 Å². The molecule has 2 aliphatic heterocycles. The van der Waals surface area contributed by atoms with Crippen molar-refractivity contribution in [3.8, 4) is 0 Å². The molecule has 1 aliphatic carbocycles. The zero-order chi connectivity index (χ0) is 10.1. The van der Waals surface area contributed by atoms with Gasteiger partial charge in [0.2, 0.25) is 0 Å². The van der Waals surface area contributed by atoms with E-state index in [1.807, 2.05) is 4.90 Å². The lowest BCUT2D eigenvalue weighted by Crippen LogP contribution is -2.51. The van der Waals surface area contributed by atoms with Crippen LogP contribution in [0.15, 0.2) is 12.2 Å². The fourth-order valence-electron chi connectivity index (χ4n) is 2.59. The van der Waals surface area contributed by atoms with E-state index >= 15 is 0 Å². The molecule has 0 radical (unpaired) electrons. The number of fused-ring (bicyclic) bond motifs is 2. The first-order valence-corrected chi connectivity index (χ1v) is 5.29. The summed E-state index contributed by atoms with van der Waals surface area (Å²) in [5.74, 6) is 1.30. The topological polar surface area (TPSA) is 29.5 Å². The minimum Gasteiger partial charge on any atom is -0.453 e. The van der Waals surface area contributed by atoms with Gasteiger partial charge in [-0.3, -0.25) is 0 Å². The second kappa shape index (κ2) is 3.64. The van der Waals surface area contributed by atoms with Gasteiger partial charge in [-0.1, -0.05) is 25.5 Å². The molecular formula is C11H17NO2. The van der Waals surface area contributed by atoms with Crippen LogP contribution in [-0.2, 0) is 4.74 Å². The molecule has 3 atom stereocenters. The number of piperidine rings is 1. The molecule has 0 aromatic carbocycles. The van der Waals surface area contributed by atoms with Crippen LogP contribution in [0.2, 0.25) is 0 Å². The van der Waals surface area contributed by atoms with E-state index in [9.17, 15) is 4.79 Å². The van der Waals surface area contributed by atoms with Crippen molar-refractivity contribution in [3.63, 3.8) is 0 Å². The number of hydrogen-bond acceptors (Lipinski definition) is 2. The molecule has 14 heavy (non-hydrogen) atoms. The van der Waals surface area contributed by atoms with Gasteiger partial charge in [-0.15, -0.1) is 0 Å². The van der Waals surface area contributed by atoms with Gasteiger partial charge < -0.3 is 9.64 Å². The Morgan fingerprint density at radius 2 is 2.36 bits per heavy atom. The van der Waals surface area contributed by atoms with Crippen LogP contribution in [0.3, 0.4) is 0 Å². The summed E-state index contributed by atoms with van der Waals surface area (Å²) in [6.45, 7) is 3.06. The summed E-state index contributed by atoms with van der Waals surface area (Å²) in [4.78, 5) is 13.3. The summed E-state index contributed by atoms with van der Waals surface area (Å²) in [7, 11) is 1.45. The molecule has 78 valence electrons. The predicted molar refractivity (Wildman–Crippen MR) is 53.9 cm³/mol. The second-order valence-electron chi connectivity index (χ2n) is 4.14. The fourth-order valence-corrected chi connectivity index (χ4v) is 2.59. The molecule has 3 nitrogen and oxygen atoms in total. The monoisotopic (exact) mass is 195 g/mol. The van der Waals surface area contributed by atoms with Crippen molar-refractivity contribution in [1.82, 2.24) is 4.90 Å². The Labute approximate surface area is 84.7 Å². The van der Waals surface area contributed by atoms with Crippen molar-refractivity contribution in [1.29, 1.82) is 0 Å². The smallest absolute Gasteiger partial charge is 0.409 e. The maximum Gasteiger partial charge on any atom is 0.409 e. The maximum absolute atomic E-state index is 11.4. The number of carbonyl (C=O) groups is 1. The molecule has 2 heterocycles. The highest BCUT2D eigenvalue weighted by atomic mass is 16.5. The highest BCUT2D eigenvalue weighted by Gasteiger charge is 2.38. The van der Waals surface area contributed by atoms with E-state index in [4.69, 9.17) is 4.74 Å². The third-order valence-electron chi connectivity index (χ3n) is 3.47. The van der Waals surface area contributed by atoms with E-state index in [1.54, 1.807) is 0 Å². The minimum absolute atomic E-state index is 0.182. The standard InChI is InChI=1S/C11H17NO2/c1-3-8-6-10-5-4-9(8)7-12(10)11(13)14-2/h4-5,8-10H,3,6-7H2,1-2H3/t8-,9?,10?/m0/s1. The summed E-state index contributed by atoms with van der Waals surface area (Å²) < 4.78 is 4.76. The summed E-state index contributed by atoms with van der Waals surface area (Å²) in [5.41, 5.74) is 0. The van der Waals surface area contributed by atoms with Gasteiger partial charge in [0.05, 0.1) is 13.2 Å². The Balaban J connectivity index is 2.10. The number of methoxy groups -OCH3 is 1. The van der Waals surface area contributed by atoms with Crippen LogP contribution < -0.4 is 0 Å². The van der Waals surface area contributed by atoms with Crippen molar-refractivity contribution in [2.24, 2.45) is 11.8 Å². The van der Waals surface area contributed by atoms with Crippen LogP contribution in [0.25, 0.3) is 0 Å². The molecule has 2 bridgehead atoms. The van der Waals surface area contributed by atoms with Gasteiger partial charge in [0, 0.05) is 6.54 Å². The molecule has 3 heteroatoms. The van der Waals surface area contributed by atoms with Crippen LogP contribution in [0, 0.1) is 11.8 Å². The Morgan fingerprint density at radius 1 is 1.57 bits per heavy atom. The maximum atomic E-state index is 11.4. The Morgan fingerprint density at radius 3 is 2.86 bits per heavy atom. The molecule has 0 N–H and O–H groups in total. The van der Waals surface area contributed by atoms with Crippen molar-refractivity contribution < 1.29 is 9.53 Å². The first-order valence-electron chi connectivity index (χ1n) is 5.29. The minimum atomic E-state index is -0.182. The highest BCUT2D eigenvalue weighted by Crippen LogP contribution is 2.36. The molecule has 0 saturated carbocycles. The number of hydrogen-bond donors (Lipinski definition) is 0. The van der Waals surface area contributed by atoms with Gasteiger partial charge in [-0.05, 0) is 18.3 Å². The van der Waals surface area contributed by atoms with Crippen LogP contribution in [0.5, 0.6) is 0 Å². The average molecular weight is 195 g/mol. The summed E-state index contributed by atoms with van der Waals surface area (Å²) in [5, 5.41) is 0. The molecule has 1 amide bonds. The van der Waals surface area contributed by atoms with Crippen LogP contribution in [0.1, 0.15) is 19.8 Å². The van der Waals surface area contributed by atoms with E-state index in [1.165, 1.54) is 13.5 Å². The number of ether oxygens (including phenoxy) is 1. The molecule has 3 aliphatic rings. The molecule has 0 aromatic rings. The molecule has 0 aromatic heterocycles. The van der Waals surface area contributed by atoms with Gasteiger partial charge in [-0.25, -0.2) is 4.79 Å². The van der Waals surface area contributed by atoms with Crippen molar-refractivity contribution in [2.45, 2.75) is 25.8 Å². The van der Waals surface area contributed by atoms with Crippen LogP contribution >= 0.6 is 0 Å². The zero-order valence-electron chi connectivity index (χ0n) is 8.77. The number of nitrogens with zero attached hydrogens (tertiary/aromatic N) is 1. The lowest BCUT2D eigenvalue weighted by atomic mass is 9.76. The third-order valence-corrected chi connectivity index (χ3v) is 3.47. The fraction of sp³-hybridized carbons (Fsp3) is 0.727. The normalized spacial score (nSPS) is 34.7. The number of rotatable bonds is 1. The molecule has 1 saturated heterocycles. The highest BCUT2D eigenvalue weighted by molar-refractivity contribution is 5.68. The largest absolute Gasteiger partial charge is 0.453 e. The van der Waals surface area contributed by atoms with Gasteiger partial charge in [0.1, 0.15) is 0 Å². The van der Waals surface area contributed by atoms with Crippen molar-refractivity contribution in [3.05, 3.63) is 12.2 Å². The second-order valence-corrected chi connectivity index (χ2v) is 4.14. The third kappa shape index (κ3) is 1.41. The van der Waals surface area contributed by atoms with Gasteiger partial charge >= 0.3 is 6.09 Å². The number of amides is 1. The molecule has 2 unspecified atom stereocenters. The van der Waals surface area contributed by atoms with Crippen molar-refractivity contribution in [2.75, 3.05) is 13.7 Å². The van der Waals surface area contributed by atoms with Crippen LogP contribution in [-0.4, -0.2) is 30.7 Å². The van der Waals surface area contributed by atoms with E-state index in [0.717, 1.165) is 18.9 Å². The molecule has 3 rings (SSSR count).